The Morgan fingerprint density at radius 2 is 1.73 bits per heavy atom. The number of benzene rings is 1. The van der Waals surface area contributed by atoms with Gasteiger partial charge in [0.05, 0.1) is 6.42 Å². The van der Waals surface area contributed by atoms with Crippen molar-refractivity contribution < 1.29 is 23.9 Å². The van der Waals surface area contributed by atoms with Gasteiger partial charge in [0.15, 0.2) is 0 Å². The first-order valence-corrected chi connectivity index (χ1v) is 14.1. The maximum atomic E-state index is 14.3. The molecule has 0 radical (unpaired) electrons. The number of ether oxygens (including phenoxy) is 1. The van der Waals surface area contributed by atoms with Crippen LogP contribution in [-0.2, 0) is 19.1 Å². The summed E-state index contributed by atoms with van der Waals surface area (Å²) in [4.78, 5) is 54.3. The molecule has 3 atom stereocenters. The molecule has 40 heavy (non-hydrogen) atoms. The van der Waals surface area contributed by atoms with E-state index in [1.807, 2.05) is 6.92 Å². The second-order valence-electron chi connectivity index (χ2n) is 11.6. The summed E-state index contributed by atoms with van der Waals surface area (Å²) in [5.74, 6) is 1.18. The Morgan fingerprint density at radius 3 is 2.27 bits per heavy atom. The molecule has 0 fully saturated rings. The summed E-state index contributed by atoms with van der Waals surface area (Å²) in [6.45, 7) is 13.6. The van der Waals surface area contributed by atoms with Crippen molar-refractivity contribution in [1.82, 2.24) is 15.5 Å². The van der Waals surface area contributed by atoms with Gasteiger partial charge in [-0.3, -0.25) is 14.4 Å². The van der Waals surface area contributed by atoms with Crippen molar-refractivity contribution in [2.24, 2.45) is 11.7 Å². The van der Waals surface area contributed by atoms with Crippen LogP contribution in [0.4, 0.5) is 4.79 Å². The zero-order valence-electron chi connectivity index (χ0n) is 25.2. The Hall–Kier alpha value is -3.54. The van der Waals surface area contributed by atoms with Crippen LogP contribution in [0.15, 0.2) is 24.3 Å². The first kappa shape index (κ1) is 34.5. The molecule has 1 aromatic carbocycles. The van der Waals surface area contributed by atoms with E-state index >= 15 is 0 Å². The van der Waals surface area contributed by atoms with Gasteiger partial charge < -0.3 is 26.0 Å². The third kappa shape index (κ3) is 11.7. The van der Waals surface area contributed by atoms with E-state index < -0.39 is 54.0 Å². The number of hydrogen-bond donors (Lipinski definition) is 3. The summed E-state index contributed by atoms with van der Waals surface area (Å²) >= 11 is 0. The molecule has 0 saturated carbocycles. The molecule has 0 spiro atoms. The number of hydrogen-bond acceptors (Lipinski definition) is 5. The van der Waals surface area contributed by atoms with Crippen LogP contribution in [0.25, 0.3) is 0 Å². The highest BCUT2D eigenvalue weighted by molar-refractivity contribution is 5.95. The maximum Gasteiger partial charge on any atom is 0.408 e. The molecular weight excluding hydrogens is 508 g/mol. The van der Waals surface area contributed by atoms with Crippen LogP contribution >= 0.6 is 0 Å². The van der Waals surface area contributed by atoms with Crippen molar-refractivity contribution in [2.45, 2.75) is 111 Å². The summed E-state index contributed by atoms with van der Waals surface area (Å²) in [5, 5.41) is 5.48. The SMILES string of the molecule is C#Cc1ccccc1C(C(=O)NCCCCC)N(C(=O)C(CC(N)=O)NC(=O)OC(C)(C)C)C(C)CCC(C)C. The lowest BCUT2D eigenvalue weighted by molar-refractivity contribution is -0.146. The Morgan fingerprint density at radius 1 is 1.07 bits per heavy atom. The predicted molar refractivity (Wildman–Crippen MR) is 157 cm³/mol. The van der Waals surface area contributed by atoms with E-state index in [9.17, 15) is 19.2 Å². The van der Waals surface area contributed by atoms with E-state index in [1.165, 1.54) is 4.90 Å². The molecule has 9 heteroatoms. The first-order valence-electron chi connectivity index (χ1n) is 14.1. The molecule has 0 bridgehead atoms. The number of terminal acetylenes is 1. The number of amides is 4. The van der Waals surface area contributed by atoms with Crippen molar-refractivity contribution in [3.05, 3.63) is 35.4 Å². The van der Waals surface area contributed by atoms with Crippen LogP contribution < -0.4 is 16.4 Å². The second-order valence-corrected chi connectivity index (χ2v) is 11.6. The number of nitrogens with one attached hydrogen (secondary N) is 2. The van der Waals surface area contributed by atoms with Crippen LogP contribution in [0.5, 0.6) is 0 Å². The first-order chi connectivity index (χ1) is 18.7. The third-order valence-corrected chi connectivity index (χ3v) is 6.30. The van der Waals surface area contributed by atoms with Gasteiger partial charge in [-0.1, -0.05) is 57.7 Å². The highest BCUT2D eigenvalue weighted by Gasteiger charge is 2.40. The normalized spacial score (nSPS) is 13.5. The number of unbranched alkanes of at least 4 members (excludes halogenated alkanes) is 2. The molecule has 0 aliphatic heterocycles. The molecule has 4 amide bonds. The Balaban J connectivity index is 3.67. The highest BCUT2D eigenvalue weighted by Crippen LogP contribution is 2.30. The minimum absolute atomic E-state index is 0.347. The van der Waals surface area contributed by atoms with E-state index in [2.05, 4.69) is 37.3 Å². The molecule has 9 nitrogen and oxygen atoms in total. The number of nitrogens with zero attached hydrogens (tertiary/aromatic N) is 1. The van der Waals surface area contributed by atoms with Gasteiger partial charge in [-0.05, 0) is 64.5 Å². The van der Waals surface area contributed by atoms with Crippen LogP contribution in [0.1, 0.15) is 104 Å². The largest absolute Gasteiger partial charge is 0.444 e. The fraction of sp³-hybridized carbons (Fsp3) is 0.613. The molecule has 0 aliphatic rings. The van der Waals surface area contributed by atoms with Crippen LogP contribution in [0, 0.1) is 18.3 Å². The van der Waals surface area contributed by atoms with Crippen LogP contribution in [-0.4, -0.2) is 52.9 Å². The van der Waals surface area contributed by atoms with Gasteiger partial charge in [0.2, 0.25) is 17.7 Å². The Kier molecular flexibility index (Phi) is 14.3. The quantitative estimate of drug-likeness (QED) is 0.217. The van der Waals surface area contributed by atoms with Gasteiger partial charge in [-0.2, -0.15) is 0 Å². The number of carbonyl (C=O) groups is 4. The molecule has 0 aliphatic carbocycles. The molecule has 1 aromatic rings. The summed E-state index contributed by atoms with van der Waals surface area (Å²) in [6.07, 6.45) is 8.56. The average molecular weight is 557 g/mol. The molecule has 0 aromatic heterocycles. The van der Waals surface area contributed by atoms with Crippen LogP contribution in [0.2, 0.25) is 0 Å². The summed E-state index contributed by atoms with van der Waals surface area (Å²) < 4.78 is 5.35. The van der Waals surface area contributed by atoms with E-state index in [4.69, 9.17) is 16.9 Å². The maximum absolute atomic E-state index is 14.3. The number of carbonyl (C=O) groups excluding carboxylic acids is 4. The third-order valence-electron chi connectivity index (χ3n) is 6.30. The zero-order valence-corrected chi connectivity index (χ0v) is 25.2. The van der Waals surface area contributed by atoms with Gasteiger partial charge in [-0.15, -0.1) is 6.42 Å². The monoisotopic (exact) mass is 556 g/mol. The smallest absolute Gasteiger partial charge is 0.408 e. The number of rotatable bonds is 15. The van der Waals surface area contributed by atoms with E-state index in [-0.39, 0.29) is 0 Å². The molecular formula is C31H48N4O5. The van der Waals surface area contributed by atoms with Crippen molar-refractivity contribution in [3.8, 4) is 12.3 Å². The topological polar surface area (TPSA) is 131 Å². The van der Waals surface area contributed by atoms with Crippen molar-refractivity contribution in [1.29, 1.82) is 0 Å². The lowest BCUT2D eigenvalue weighted by Gasteiger charge is -2.39. The average Bonchev–Trinajstić information content (AvgIpc) is 2.86. The standard InChI is InChI=1S/C31H48N4O5/c1-9-11-14-19-33-28(37)27(24-16-13-12-15-23(24)10-2)35(22(5)18-17-21(3)4)29(38)25(20-26(32)36)34-30(39)40-31(6,7)8/h2,12-13,15-16,21-22,25,27H,9,11,14,17-20H2,1,3-8H3,(H2,32,36)(H,33,37)(H,34,39). The second kappa shape index (κ2) is 16.5. The molecule has 222 valence electrons. The van der Waals surface area contributed by atoms with E-state index in [0.717, 1.165) is 25.7 Å². The van der Waals surface area contributed by atoms with Crippen LogP contribution in [0.3, 0.4) is 0 Å². The molecule has 0 saturated heterocycles. The number of alkyl carbamates (subject to hydrolysis) is 1. The highest BCUT2D eigenvalue weighted by atomic mass is 16.6. The zero-order chi connectivity index (χ0) is 30.5. The van der Waals surface area contributed by atoms with Gasteiger partial charge in [0, 0.05) is 18.2 Å². The van der Waals surface area contributed by atoms with Gasteiger partial charge in [0.25, 0.3) is 0 Å². The fourth-order valence-corrected chi connectivity index (χ4v) is 4.31. The van der Waals surface area contributed by atoms with E-state index in [0.29, 0.717) is 30.0 Å². The Labute approximate surface area is 240 Å². The minimum atomic E-state index is -1.35. The van der Waals surface area contributed by atoms with Crippen molar-refractivity contribution >= 4 is 23.8 Å². The predicted octanol–water partition coefficient (Wildman–Crippen LogP) is 4.44. The number of nitrogens with two attached hydrogens (primary N) is 1. The Bertz CT molecular complexity index is 1040. The molecule has 1 rings (SSSR count). The summed E-state index contributed by atoms with van der Waals surface area (Å²) in [6, 6.07) is 4.08. The molecule has 4 N–H and O–H groups in total. The molecule has 3 unspecified atom stereocenters. The summed E-state index contributed by atoms with van der Waals surface area (Å²) in [7, 11) is 0. The summed E-state index contributed by atoms with van der Waals surface area (Å²) in [5.41, 5.74) is 5.61. The minimum Gasteiger partial charge on any atom is -0.444 e. The van der Waals surface area contributed by atoms with Gasteiger partial charge in [-0.25, -0.2) is 4.79 Å². The lowest BCUT2D eigenvalue weighted by Crippen LogP contribution is -2.56. The van der Waals surface area contributed by atoms with Crippen molar-refractivity contribution in [3.63, 3.8) is 0 Å². The van der Waals surface area contributed by atoms with Crippen molar-refractivity contribution in [2.75, 3.05) is 6.54 Å². The van der Waals surface area contributed by atoms with Gasteiger partial charge in [0.1, 0.15) is 17.7 Å². The van der Waals surface area contributed by atoms with E-state index in [1.54, 1.807) is 45.0 Å². The fourth-order valence-electron chi connectivity index (χ4n) is 4.31. The number of primary amides is 1. The lowest BCUT2D eigenvalue weighted by atomic mass is 9.94. The van der Waals surface area contributed by atoms with Gasteiger partial charge >= 0.3 is 6.09 Å². The molecule has 0 heterocycles.